The van der Waals surface area contributed by atoms with E-state index in [4.69, 9.17) is 4.74 Å². The molecule has 3 aromatic rings. The van der Waals surface area contributed by atoms with Crippen LogP contribution in [0.2, 0.25) is 0 Å². The van der Waals surface area contributed by atoms with Crippen molar-refractivity contribution in [2.75, 3.05) is 18.6 Å². The number of halogens is 1. The molecule has 0 bridgehead atoms. The fourth-order valence-electron chi connectivity index (χ4n) is 3.06. The Morgan fingerprint density at radius 1 is 1.34 bits per heavy atom. The standard InChI is InChI=1S/C20H18BrN5O3/c1-25-17-9-14(21)5-6-18(17)29-12-16(19(25)27)24-20(28)26-11-13(10-23-26)8-15-4-2-3-7-22-15/h2-7,9-11,16H,8,12H2,1H3,(H,24,28)/t16-/m1/s1. The van der Waals surface area contributed by atoms with Crippen LogP contribution in [0.15, 0.2) is 59.5 Å². The summed E-state index contributed by atoms with van der Waals surface area (Å²) >= 11 is 3.40. The van der Waals surface area contributed by atoms with Crippen molar-refractivity contribution in [2.45, 2.75) is 12.5 Å². The summed E-state index contributed by atoms with van der Waals surface area (Å²) in [5, 5.41) is 6.80. The molecular formula is C20H18BrN5O3. The number of ether oxygens (including phenoxy) is 1. The molecule has 4 rings (SSSR count). The number of aromatic nitrogens is 3. The van der Waals surface area contributed by atoms with Gasteiger partial charge in [-0.05, 0) is 35.9 Å². The fraction of sp³-hybridized carbons (Fsp3) is 0.200. The maximum absolute atomic E-state index is 12.8. The third-order valence-corrected chi connectivity index (χ3v) is 5.06. The van der Waals surface area contributed by atoms with Crippen molar-refractivity contribution < 1.29 is 14.3 Å². The van der Waals surface area contributed by atoms with Gasteiger partial charge in [0.05, 0.1) is 11.9 Å². The summed E-state index contributed by atoms with van der Waals surface area (Å²) in [4.78, 5) is 31.2. The number of amides is 2. The number of anilines is 1. The number of hydrogen-bond donors (Lipinski definition) is 1. The van der Waals surface area contributed by atoms with Crippen LogP contribution in [0.4, 0.5) is 10.5 Å². The monoisotopic (exact) mass is 455 g/mol. The summed E-state index contributed by atoms with van der Waals surface area (Å²) in [5.74, 6) is 0.314. The average Bonchev–Trinajstić information content (AvgIpc) is 3.16. The first kappa shape index (κ1) is 19.1. The van der Waals surface area contributed by atoms with Crippen molar-refractivity contribution in [3.63, 3.8) is 0 Å². The van der Waals surface area contributed by atoms with E-state index in [1.54, 1.807) is 37.8 Å². The number of nitrogens with zero attached hydrogens (tertiary/aromatic N) is 4. The second kappa shape index (κ2) is 8.04. The van der Waals surface area contributed by atoms with E-state index < -0.39 is 12.1 Å². The van der Waals surface area contributed by atoms with Crippen molar-refractivity contribution in [3.8, 4) is 5.75 Å². The van der Waals surface area contributed by atoms with Gasteiger partial charge in [-0.25, -0.2) is 4.79 Å². The van der Waals surface area contributed by atoms with Crippen molar-refractivity contribution in [2.24, 2.45) is 0 Å². The molecule has 1 aliphatic heterocycles. The second-order valence-electron chi connectivity index (χ2n) is 6.61. The minimum absolute atomic E-state index is 0.0333. The van der Waals surface area contributed by atoms with Gasteiger partial charge in [0.2, 0.25) is 0 Å². The number of rotatable bonds is 3. The molecule has 0 fully saturated rings. The van der Waals surface area contributed by atoms with E-state index in [-0.39, 0.29) is 12.5 Å². The highest BCUT2D eigenvalue weighted by molar-refractivity contribution is 9.10. The number of fused-ring (bicyclic) bond motifs is 1. The van der Waals surface area contributed by atoms with Gasteiger partial charge in [-0.15, -0.1) is 0 Å². The van der Waals surface area contributed by atoms with E-state index in [0.717, 1.165) is 15.7 Å². The van der Waals surface area contributed by atoms with Gasteiger partial charge in [0.1, 0.15) is 18.4 Å². The van der Waals surface area contributed by atoms with Crippen molar-refractivity contribution in [1.29, 1.82) is 0 Å². The van der Waals surface area contributed by atoms with E-state index in [1.165, 1.54) is 9.58 Å². The Hall–Kier alpha value is -3.20. The van der Waals surface area contributed by atoms with Crippen molar-refractivity contribution >= 4 is 33.6 Å². The molecule has 0 unspecified atom stereocenters. The van der Waals surface area contributed by atoms with Gasteiger partial charge in [-0.1, -0.05) is 22.0 Å². The number of pyridine rings is 1. The molecule has 0 saturated heterocycles. The lowest BCUT2D eigenvalue weighted by Gasteiger charge is -2.20. The predicted molar refractivity (Wildman–Crippen MR) is 110 cm³/mol. The first-order valence-corrected chi connectivity index (χ1v) is 9.75. The van der Waals surface area contributed by atoms with Crippen LogP contribution in [-0.4, -0.2) is 46.4 Å². The van der Waals surface area contributed by atoms with Gasteiger partial charge in [0.25, 0.3) is 5.91 Å². The molecule has 0 aliphatic carbocycles. The zero-order valence-corrected chi connectivity index (χ0v) is 17.2. The van der Waals surface area contributed by atoms with Crippen molar-refractivity contribution in [1.82, 2.24) is 20.1 Å². The van der Waals surface area contributed by atoms with E-state index in [0.29, 0.717) is 17.9 Å². The Morgan fingerprint density at radius 3 is 3.00 bits per heavy atom. The molecule has 0 radical (unpaired) electrons. The number of carbonyl (C=O) groups is 2. The first-order valence-electron chi connectivity index (χ1n) is 8.95. The van der Waals surface area contributed by atoms with Gasteiger partial charge in [0.15, 0.2) is 0 Å². The molecule has 0 saturated carbocycles. The van der Waals surface area contributed by atoms with Gasteiger partial charge in [-0.3, -0.25) is 9.78 Å². The molecule has 8 nitrogen and oxygen atoms in total. The molecule has 2 aromatic heterocycles. The number of likely N-dealkylation sites (N-methyl/N-ethyl adjacent to an activating group) is 1. The molecular weight excluding hydrogens is 438 g/mol. The van der Waals surface area contributed by atoms with Crippen LogP contribution in [0.25, 0.3) is 0 Å². The van der Waals surface area contributed by atoms with Crippen molar-refractivity contribution in [3.05, 3.63) is 70.7 Å². The van der Waals surface area contributed by atoms with Crippen LogP contribution in [-0.2, 0) is 11.2 Å². The van der Waals surface area contributed by atoms with E-state index in [2.05, 4.69) is 31.3 Å². The highest BCUT2D eigenvalue weighted by Gasteiger charge is 2.31. The maximum Gasteiger partial charge on any atom is 0.342 e. The highest BCUT2D eigenvalue weighted by atomic mass is 79.9. The summed E-state index contributed by atoms with van der Waals surface area (Å²) in [6, 6.07) is 9.75. The molecule has 1 aliphatic rings. The quantitative estimate of drug-likeness (QED) is 0.655. The Labute approximate surface area is 175 Å². The summed E-state index contributed by atoms with van der Waals surface area (Å²) in [5.41, 5.74) is 2.36. The lowest BCUT2D eigenvalue weighted by atomic mass is 10.2. The lowest BCUT2D eigenvalue weighted by Crippen LogP contribution is -2.50. The summed E-state index contributed by atoms with van der Waals surface area (Å²) in [7, 11) is 1.65. The zero-order chi connectivity index (χ0) is 20.4. The Morgan fingerprint density at radius 2 is 2.21 bits per heavy atom. The molecule has 1 aromatic carbocycles. The Bertz CT molecular complexity index is 1050. The number of benzene rings is 1. The maximum atomic E-state index is 12.8. The zero-order valence-electron chi connectivity index (χ0n) is 15.6. The van der Waals surface area contributed by atoms with Crippen LogP contribution < -0.4 is 15.0 Å². The average molecular weight is 456 g/mol. The Balaban J connectivity index is 1.45. The van der Waals surface area contributed by atoms with Gasteiger partial charge < -0.3 is 15.0 Å². The first-order chi connectivity index (χ1) is 14.0. The summed E-state index contributed by atoms with van der Waals surface area (Å²) < 4.78 is 7.75. The SMILES string of the molecule is CN1C(=O)[C@H](NC(=O)n2cc(Cc3ccccn3)cn2)COc2ccc(Br)cc21. The van der Waals surface area contributed by atoms with E-state index in [1.807, 2.05) is 24.3 Å². The molecule has 148 valence electrons. The van der Waals surface area contributed by atoms with Crippen LogP contribution in [0, 0.1) is 0 Å². The number of hydrogen-bond acceptors (Lipinski definition) is 5. The topological polar surface area (TPSA) is 89.4 Å². The molecule has 2 amide bonds. The molecule has 1 N–H and O–H groups in total. The third-order valence-electron chi connectivity index (χ3n) is 4.57. The van der Waals surface area contributed by atoms with E-state index in [9.17, 15) is 9.59 Å². The normalized spacial score (nSPS) is 16.0. The predicted octanol–water partition coefficient (Wildman–Crippen LogP) is 2.61. The third kappa shape index (κ3) is 4.14. The minimum atomic E-state index is -0.831. The van der Waals surface area contributed by atoms with E-state index >= 15 is 0 Å². The molecule has 1 atom stereocenters. The van der Waals surface area contributed by atoms with Crippen LogP contribution in [0.3, 0.4) is 0 Å². The molecule has 0 spiro atoms. The summed E-state index contributed by atoms with van der Waals surface area (Å²) in [6.07, 6.45) is 5.52. The van der Waals surface area contributed by atoms with Gasteiger partial charge in [-0.2, -0.15) is 9.78 Å². The molecule has 29 heavy (non-hydrogen) atoms. The largest absolute Gasteiger partial charge is 0.489 e. The highest BCUT2D eigenvalue weighted by Crippen LogP contribution is 2.33. The van der Waals surface area contributed by atoms with Crippen LogP contribution in [0.5, 0.6) is 5.75 Å². The number of nitrogens with one attached hydrogen (secondary N) is 1. The smallest absolute Gasteiger partial charge is 0.342 e. The fourth-order valence-corrected chi connectivity index (χ4v) is 3.41. The Kier molecular flexibility index (Phi) is 5.30. The van der Waals surface area contributed by atoms with Crippen LogP contribution >= 0.6 is 15.9 Å². The second-order valence-corrected chi connectivity index (χ2v) is 7.53. The molecule has 3 heterocycles. The number of carbonyl (C=O) groups excluding carboxylic acids is 2. The van der Waals surface area contributed by atoms with Crippen LogP contribution in [0.1, 0.15) is 11.3 Å². The van der Waals surface area contributed by atoms with Gasteiger partial charge in [0, 0.05) is 36.0 Å². The minimum Gasteiger partial charge on any atom is -0.489 e. The summed E-state index contributed by atoms with van der Waals surface area (Å²) in [6.45, 7) is 0.0333. The molecule has 9 heteroatoms. The lowest BCUT2D eigenvalue weighted by molar-refractivity contribution is -0.120. The van der Waals surface area contributed by atoms with Gasteiger partial charge >= 0.3 is 6.03 Å².